The van der Waals surface area contributed by atoms with Crippen LogP contribution >= 0.6 is 0 Å². The molecule has 5 heterocycles. The molecule has 8 nitrogen and oxygen atoms in total. The van der Waals surface area contributed by atoms with Crippen LogP contribution in [0.5, 0.6) is 11.5 Å². The first kappa shape index (κ1) is 29.6. The summed E-state index contributed by atoms with van der Waals surface area (Å²) in [5.74, 6) is 1.34. The summed E-state index contributed by atoms with van der Waals surface area (Å²) < 4.78 is 11.0. The zero-order chi connectivity index (χ0) is 30.2. The number of allylic oxidation sites excluding steroid dienone is 9. The molecule has 7 rings (SSSR count). The summed E-state index contributed by atoms with van der Waals surface area (Å²) in [4.78, 5) is 32.1. The van der Waals surface area contributed by atoms with E-state index in [1.807, 2.05) is 72.8 Å². The number of rotatable bonds is 5. The van der Waals surface area contributed by atoms with E-state index in [1.165, 1.54) is 0 Å². The molecule has 9 heteroatoms. The van der Waals surface area contributed by atoms with Crippen molar-refractivity contribution in [2.45, 2.75) is 0 Å². The molecule has 0 spiro atoms. The fourth-order valence-electron chi connectivity index (χ4n) is 5.52. The Labute approximate surface area is 270 Å². The molecule has 8 bridgehead atoms. The molecule has 223 valence electrons. The third kappa shape index (κ3) is 5.29. The van der Waals surface area contributed by atoms with Crippen molar-refractivity contribution in [2.75, 3.05) is 14.2 Å². The van der Waals surface area contributed by atoms with E-state index in [9.17, 15) is 9.90 Å². The van der Waals surface area contributed by atoms with Gasteiger partial charge in [-0.3, -0.25) is 4.79 Å². The molecule has 0 saturated heterocycles. The number of nitrogens with zero attached hydrogens (tertiary/aromatic N) is 4. The van der Waals surface area contributed by atoms with Crippen molar-refractivity contribution in [3.05, 3.63) is 149 Å². The number of carbonyl (C=O) groups is 1. The molecular formula is C36H24CuN4O4. The molecule has 0 unspecified atom stereocenters. The number of ether oxygens (including phenoxy) is 2. The molecule has 0 fully saturated rings. The summed E-state index contributed by atoms with van der Waals surface area (Å²) in [6.45, 7) is 0. The van der Waals surface area contributed by atoms with Gasteiger partial charge in [-0.15, -0.1) is 17.6 Å². The molecule has 0 aliphatic carbocycles. The number of hydrogen-bond acceptors (Lipinski definition) is 7. The zero-order valence-corrected chi connectivity index (χ0v) is 25.1. The van der Waals surface area contributed by atoms with Gasteiger partial charge in [0, 0.05) is 5.57 Å². The van der Waals surface area contributed by atoms with Crippen LogP contribution in [0.3, 0.4) is 0 Å². The molecule has 45 heavy (non-hydrogen) atoms. The average molecular weight is 640 g/mol. The van der Waals surface area contributed by atoms with Gasteiger partial charge in [-0.25, -0.2) is 15.0 Å². The fraction of sp³-hybridized carbons (Fsp3) is 0.0556. The normalized spacial score (nSPS) is 17.5. The summed E-state index contributed by atoms with van der Waals surface area (Å²) in [6.07, 6.45) is 12.5. The Morgan fingerprint density at radius 2 is 1.22 bits per heavy atom. The van der Waals surface area contributed by atoms with Crippen molar-refractivity contribution >= 4 is 40.1 Å². The number of hydrogen-bond donors (Lipinski definition) is 0. The summed E-state index contributed by atoms with van der Waals surface area (Å²) in [7, 11) is 3.22. The van der Waals surface area contributed by atoms with E-state index < -0.39 is 0 Å². The maximum atomic E-state index is 12.5. The van der Waals surface area contributed by atoms with Crippen LogP contribution < -0.4 is 19.6 Å². The smallest absolute Gasteiger partial charge is 0.877 e. The second-order valence-electron chi connectivity index (χ2n) is 10.1. The first-order valence-electron chi connectivity index (χ1n) is 13.8. The van der Waals surface area contributed by atoms with Crippen LogP contribution in [0.2, 0.25) is 0 Å². The minimum Gasteiger partial charge on any atom is -0.877 e. The maximum Gasteiger partial charge on any atom is 2.00 e. The van der Waals surface area contributed by atoms with Gasteiger partial charge in [0.05, 0.1) is 54.0 Å². The van der Waals surface area contributed by atoms with Crippen LogP contribution in [0.4, 0.5) is 0 Å². The van der Waals surface area contributed by atoms with Gasteiger partial charge in [0.1, 0.15) is 11.5 Å². The SMILES string of the molecule is COc1cccc(C2=C3C=CC(=N3)/C(=C/[O-])c3ccc([n-]3)C(c3cccc(OC)c3)=C3C=CC(=N3)C(C=O)=C3C=CC2=N3)c1.[Cu+2]. The summed E-state index contributed by atoms with van der Waals surface area (Å²) in [5, 5.41) is 12.5. The minimum absolute atomic E-state index is 0. The Hall–Kier alpha value is -5.50. The largest absolute Gasteiger partial charge is 2.00 e. The van der Waals surface area contributed by atoms with Gasteiger partial charge in [-0.05, 0) is 83.0 Å². The van der Waals surface area contributed by atoms with E-state index in [2.05, 4.69) is 0 Å². The Kier molecular flexibility index (Phi) is 8.04. The van der Waals surface area contributed by atoms with Crippen molar-refractivity contribution in [2.24, 2.45) is 15.0 Å². The number of fused-ring (bicyclic) bond motifs is 5. The fourth-order valence-corrected chi connectivity index (χ4v) is 5.52. The number of aromatic nitrogens is 1. The second kappa shape index (κ2) is 12.2. The Balaban J connectivity index is 0.00000357. The Morgan fingerprint density at radius 1 is 0.667 bits per heavy atom. The minimum atomic E-state index is 0. The van der Waals surface area contributed by atoms with Crippen LogP contribution in [0.1, 0.15) is 22.5 Å². The molecular weight excluding hydrogens is 616 g/mol. The molecule has 0 amide bonds. The number of methoxy groups -OCH3 is 2. The Morgan fingerprint density at radius 3 is 1.89 bits per heavy atom. The zero-order valence-electron chi connectivity index (χ0n) is 24.1. The third-order valence-corrected chi connectivity index (χ3v) is 7.64. The molecule has 4 aliphatic heterocycles. The van der Waals surface area contributed by atoms with E-state index >= 15 is 0 Å². The summed E-state index contributed by atoms with van der Waals surface area (Å²) in [5.41, 5.74) is 8.18. The number of aldehydes is 1. The van der Waals surface area contributed by atoms with E-state index in [-0.39, 0.29) is 17.1 Å². The molecule has 0 N–H and O–H groups in total. The van der Waals surface area contributed by atoms with Gasteiger partial charge >= 0.3 is 17.1 Å². The molecule has 1 radical (unpaired) electrons. The third-order valence-electron chi connectivity index (χ3n) is 7.64. The molecule has 0 atom stereocenters. The van der Waals surface area contributed by atoms with Gasteiger partial charge in [-0.1, -0.05) is 36.4 Å². The van der Waals surface area contributed by atoms with E-state index in [0.29, 0.717) is 68.3 Å². The van der Waals surface area contributed by atoms with Crippen LogP contribution in [-0.4, -0.2) is 37.6 Å². The van der Waals surface area contributed by atoms with E-state index in [1.54, 1.807) is 38.5 Å². The molecule has 3 aromatic rings. The van der Waals surface area contributed by atoms with E-state index in [0.717, 1.165) is 34.8 Å². The van der Waals surface area contributed by atoms with Crippen molar-refractivity contribution in [3.8, 4) is 11.5 Å². The van der Waals surface area contributed by atoms with Gasteiger partial charge < -0.3 is 19.6 Å². The van der Waals surface area contributed by atoms with Crippen molar-refractivity contribution in [1.82, 2.24) is 4.98 Å². The van der Waals surface area contributed by atoms with Crippen LogP contribution in [0, 0.1) is 0 Å². The monoisotopic (exact) mass is 639 g/mol. The van der Waals surface area contributed by atoms with Gasteiger partial charge in [0.25, 0.3) is 0 Å². The first-order valence-corrected chi connectivity index (χ1v) is 13.8. The van der Waals surface area contributed by atoms with Crippen molar-refractivity contribution < 1.29 is 36.4 Å². The first-order chi connectivity index (χ1) is 21.6. The molecule has 2 aromatic carbocycles. The van der Waals surface area contributed by atoms with Crippen LogP contribution in [0.25, 0.3) is 16.7 Å². The number of benzene rings is 2. The number of carbonyl (C=O) groups excluding carboxylic acids is 1. The molecule has 0 saturated carbocycles. The second-order valence-corrected chi connectivity index (χ2v) is 10.1. The van der Waals surface area contributed by atoms with Crippen molar-refractivity contribution in [1.29, 1.82) is 0 Å². The van der Waals surface area contributed by atoms with Crippen molar-refractivity contribution in [3.63, 3.8) is 0 Å². The summed E-state index contributed by atoms with van der Waals surface area (Å²) in [6, 6.07) is 18.8. The van der Waals surface area contributed by atoms with Crippen LogP contribution in [-0.2, 0) is 21.9 Å². The predicted octanol–water partition coefficient (Wildman–Crippen LogP) is 5.03. The topological polar surface area (TPSA) is 110 Å². The molecule has 4 aliphatic rings. The molecule has 1 aromatic heterocycles. The van der Waals surface area contributed by atoms with Gasteiger partial charge in [0.2, 0.25) is 0 Å². The van der Waals surface area contributed by atoms with Gasteiger partial charge in [0.15, 0.2) is 6.29 Å². The Bertz CT molecular complexity index is 2060. The number of aliphatic imine (C=N–C) groups is 3. The maximum absolute atomic E-state index is 12.5. The van der Waals surface area contributed by atoms with E-state index in [4.69, 9.17) is 29.4 Å². The standard InChI is InChI=1S/C36H26N4O4.Cu/c1-43-23-7-3-5-21(17-23)35-31-13-9-27(37-31)25(19-41)29-11-15-33(39-29)36(22-6-4-8-24(18-22)44-2)34-16-12-30(40-34)26(20-42)28-10-14-32(35)38-28;/h3-20H,1-2H3,(H2,37,38,39,40,41,42);/q;+2/p-2. The quantitative estimate of drug-likeness (QED) is 0.221. The summed E-state index contributed by atoms with van der Waals surface area (Å²) >= 11 is 0. The van der Waals surface area contributed by atoms with Crippen LogP contribution in [0.15, 0.2) is 141 Å². The predicted molar refractivity (Wildman–Crippen MR) is 169 cm³/mol. The van der Waals surface area contributed by atoms with Gasteiger partial charge in [-0.2, -0.15) is 0 Å². The average Bonchev–Trinajstić information content (AvgIpc) is 3.89.